The number of hydrogen-bond donors (Lipinski definition) is 1. The lowest BCUT2D eigenvalue weighted by molar-refractivity contribution is -0.141. The first-order valence-corrected chi connectivity index (χ1v) is 6.47. The Kier molecular flexibility index (Phi) is 3.38. The van der Waals surface area contributed by atoms with Crippen LogP contribution in [0.15, 0.2) is 24.3 Å². The number of rotatable bonds is 1. The lowest BCUT2D eigenvalue weighted by atomic mass is 9.92. The molecule has 1 atom stereocenters. The average molecular weight is 274 g/mol. The van der Waals surface area contributed by atoms with E-state index in [1.165, 1.54) is 0 Å². The Bertz CT molecular complexity index is 570. The Labute approximate surface area is 118 Å². The normalized spacial score (nSPS) is 20.1. The van der Waals surface area contributed by atoms with E-state index in [4.69, 9.17) is 0 Å². The van der Waals surface area contributed by atoms with Gasteiger partial charge in [0.05, 0.1) is 0 Å². The van der Waals surface area contributed by atoms with Crippen molar-refractivity contribution in [3.8, 4) is 0 Å². The zero-order valence-electron chi connectivity index (χ0n) is 12.1. The van der Waals surface area contributed by atoms with E-state index < -0.39 is 29.3 Å². The molecule has 1 saturated heterocycles. The number of carbonyl (C=O) groups is 3. The van der Waals surface area contributed by atoms with Gasteiger partial charge < -0.3 is 0 Å². The van der Waals surface area contributed by atoms with Crippen LogP contribution in [0.25, 0.3) is 0 Å². The number of nitrogens with zero attached hydrogens (tertiary/aromatic N) is 1. The average Bonchev–Trinajstić information content (AvgIpc) is 2.28. The van der Waals surface area contributed by atoms with Crippen molar-refractivity contribution in [1.82, 2.24) is 10.2 Å². The van der Waals surface area contributed by atoms with Crippen LogP contribution >= 0.6 is 0 Å². The van der Waals surface area contributed by atoms with Crippen LogP contribution in [0, 0.1) is 6.92 Å². The van der Waals surface area contributed by atoms with Crippen molar-refractivity contribution < 1.29 is 14.4 Å². The summed E-state index contributed by atoms with van der Waals surface area (Å²) in [5.41, 5.74) is 0.964. The molecular weight excluding hydrogens is 256 g/mol. The molecule has 1 aromatic carbocycles. The molecule has 2 rings (SSSR count). The van der Waals surface area contributed by atoms with E-state index >= 15 is 0 Å². The molecule has 1 N–H and O–H groups in total. The summed E-state index contributed by atoms with van der Waals surface area (Å²) in [5.74, 6) is -2.01. The number of benzene rings is 1. The van der Waals surface area contributed by atoms with Crippen LogP contribution in [0.2, 0.25) is 0 Å². The summed E-state index contributed by atoms with van der Waals surface area (Å²) >= 11 is 0. The van der Waals surface area contributed by atoms with Crippen LogP contribution in [-0.2, 0) is 9.59 Å². The van der Waals surface area contributed by atoms with Crippen molar-refractivity contribution in [2.75, 3.05) is 0 Å². The summed E-state index contributed by atoms with van der Waals surface area (Å²) in [4.78, 5) is 37.5. The zero-order valence-corrected chi connectivity index (χ0v) is 12.1. The number of urea groups is 1. The van der Waals surface area contributed by atoms with Crippen molar-refractivity contribution in [1.29, 1.82) is 0 Å². The molecule has 0 spiro atoms. The van der Waals surface area contributed by atoms with E-state index in [0.717, 1.165) is 10.5 Å². The summed E-state index contributed by atoms with van der Waals surface area (Å²) in [6, 6.07) is 6.51. The standard InChI is InChI=1S/C15H18N2O3/c1-9-5-7-10(8-6-9)11-12(18)16-14(20)17(13(11)19)15(2,3)4/h5-8,11H,1-4H3,(H,16,18,20). The monoisotopic (exact) mass is 274 g/mol. The lowest BCUT2D eigenvalue weighted by Crippen LogP contribution is -2.62. The third-order valence-electron chi connectivity index (χ3n) is 3.24. The van der Waals surface area contributed by atoms with Gasteiger partial charge >= 0.3 is 6.03 Å². The van der Waals surface area contributed by atoms with Gasteiger partial charge in [0.25, 0.3) is 0 Å². The van der Waals surface area contributed by atoms with E-state index in [1.54, 1.807) is 32.9 Å². The summed E-state index contributed by atoms with van der Waals surface area (Å²) in [5, 5.41) is 2.26. The molecular formula is C15H18N2O3. The number of nitrogens with one attached hydrogen (secondary N) is 1. The van der Waals surface area contributed by atoms with Crippen molar-refractivity contribution >= 4 is 17.8 Å². The smallest absolute Gasteiger partial charge is 0.277 e. The molecule has 1 fully saturated rings. The first kappa shape index (κ1) is 14.2. The van der Waals surface area contributed by atoms with E-state index in [2.05, 4.69) is 5.32 Å². The van der Waals surface area contributed by atoms with Gasteiger partial charge in [0.2, 0.25) is 11.8 Å². The van der Waals surface area contributed by atoms with Gasteiger partial charge in [0.1, 0.15) is 5.92 Å². The van der Waals surface area contributed by atoms with Gasteiger partial charge in [-0.3, -0.25) is 19.8 Å². The highest BCUT2D eigenvalue weighted by Crippen LogP contribution is 2.27. The molecule has 20 heavy (non-hydrogen) atoms. The Balaban J connectivity index is 2.42. The van der Waals surface area contributed by atoms with Crippen molar-refractivity contribution in [2.45, 2.75) is 39.2 Å². The molecule has 1 aliphatic heterocycles. The molecule has 0 aromatic heterocycles. The molecule has 0 bridgehead atoms. The molecule has 0 saturated carbocycles. The van der Waals surface area contributed by atoms with Crippen LogP contribution in [0.3, 0.4) is 0 Å². The molecule has 0 radical (unpaired) electrons. The maximum absolute atomic E-state index is 12.5. The van der Waals surface area contributed by atoms with Gasteiger partial charge in [-0.2, -0.15) is 0 Å². The fourth-order valence-electron chi connectivity index (χ4n) is 2.26. The van der Waals surface area contributed by atoms with Crippen molar-refractivity contribution in [3.63, 3.8) is 0 Å². The fraction of sp³-hybridized carbons (Fsp3) is 0.400. The second-order valence-corrected chi connectivity index (χ2v) is 5.98. The molecule has 1 aromatic rings. The first-order valence-electron chi connectivity index (χ1n) is 6.47. The zero-order chi connectivity index (χ0) is 15.1. The topological polar surface area (TPSA) is 66.5 Å². The van der Waals surface area contributed by atoms with E-state index in [9.17, 15) is 14.4 Å². The van der Waals surface area contributed by atoms with E-state index in [0.29, 0.717) is 5.56 Å². The summed E-state index contributed by atoms with van der Waals surface area (Å²) in [7, 11) is 0. The van der Waals surface area contributed by atoms with Crippen molar-refractivity contribution in [3.05, 3.63) is 35.4 Å². The predicted octanol–water partition coefficient (Wildman–Crippen LogP) is 1.96. The van der Waals surface area contributed by atoms with Crippen LogP contribution in [0.5, 0.6) is 0 Å². The number of barbiturate groups is 1. The van der Waals surface area contributed by atoms with Gasteiger partial charge in [-0.1, -0.05) is 29.8 Å². The molecule has 106 valence electrons. The highest BCUT2D eigenvalue weighted by atomic mass is 16.2. The Hall–Kier alpha value is -2.17. The third-order valence-corrected chi connectivity index (χ3v) is 3.24. The van der Waals surface area contributed by atoms with E-state index in [1.807, 2.05) is 19.1 Å². The molecule has 5 nitrogen and oxygen atoms in total. The van der Waals surface area contributed by atoms with Crippen molar-refractivity contribution in [2.24, 2.45) is 0 Å². The highest BCUT2D eigenvalue weighted by molar-refractivity contribution is 6.19. The van der Waals surface area contributed by atoms with Gasteiger partial charge in [0.15, 0.2) is 0 Å². The number of amides is 4. The van der Waals surface area contributed by atoms with Crippen LogP contribution < -0.4 is 5.32 Å². The number of carbonyl (C=O) groups excluding carboxylic acids is 3. The van der Waals surface area contributed by atoms with Gasteiger partial charge in [-0.05, 0) is 33.3 Å². The maximum atomic E-state index is 12.5. The third kappa shape index (κ3) is 2.43. The molecule has 1 unspecified atom stereocenters. The number of imide groups is 2. The SMILES string of the molecule is Cc1ccc(C2C(=O)NC(=O)N(C(C)(C)C)C2=O)cc1. The minimum atomic E-state index is -0.965. The Morgan fingerprint density at radius 3 is 2.10 bits per heavy atom. The van der Waals surface area contributed by atoms with Crippen LogP contribution in [0.1, 0.15) is 37.8 Å². The van der Waals surface area contributed by atoms with Gasteiger partial charge in [0, 0.05) is 5.54 Å². The predicted molar refractivity (Wildman–Crippen MR) is 74.1 cm³/mol. The maximum Gasteiger partial charge on any atom is 0.331 e. The quantitative estimate of drug-likeness (QED) is 0.796. The van der Waals surface area contributed by atoms with E-state index in [-0.39, 0.29) is 0 Å². The lowest BCUT2D eigenvalue weighted by Gasteiger charge is -2.38. The fourth-order valence-corrected chi connectivity index (χ4v) is 2.26. The minimum Gasteiger partial charge on any atom is -0.277 e. The van der Waals surface area contributed by atoms with Gasteiger partial charge in [-0.25, -0.2) is 4.79 Å². The second kappa shape index (κ2) is 4.74. The summed E-state index contributed by atoms with van der Waals surface area (Å²) < 4.78 is 0. The molecule has 5 heteroatoms. The molecule has 0 aliphatic carbocycles. The van der Waals surface area contributed by atoms with Gasteiger partial charge in [-0.15, -0.1) is 0 Å². The molecule has 4 amide bonds. The Morgan fingerprint density at radius 2 is 1.60 bits per heavy atom. The summed E-state index contributed by atoms with van der Waals surface area (Å²) in [6.07, 6.45) is 0. The Morgan fingerprint density at radius 1 is 1.05 bits per heavy atom. The number of hydrogen-bond acceptors (Lipinski definition) is 3. The second-order valence-electron chi connectivity index (χ2n) is 5.98. The highest BCUT2D eigenvalue weighted by Gasteiger charge is 2.45. The molecule has 1 aliphatic rings. The van der Waals surface area contributed by atoms with Crippen LogP contribution in [0.4, 0.5) is 4.79 Å². The first-order chi connectivity index (χ1) is 9.21. The summed E-state index contributed by atoms with van der Waals surface area (Å²) in [6.45, 7) is 7.20. The minimum absolute atomic E-state index is 0.477. The van der Waals surface area contributed by atoms with Crippen LogP contribution in [-0.4, -0.2) is 28.3 Å². The number of aryl methyl sites for hydroxylation is 1. The largest absolute Gasteiger partial charge is 0.331 e. The molecule has 1 heterocycles.